The maximum absolute atomic E-state index is 13.4. The van der Waals surface area contributed by atoms with Crippen LogP contribution in [0.4, 0.5) is 0 Å². The van der Waals surface area contributed by atoms with Crippen molar-refractivity contribution in [2.75, 3.05) is 33.8 Å². The van der Waals surface area contributed by atoms with Crippen LogP contribution in [0.3, 0.4) is 0 Å². The lowest BCUT2D eigenvalue weighted by atomic mass is 10.0. The molecule has 172 valence electrons. The maximum atomic E-state index is 13.4. The number of likely N-dealkylation sites (N-methyl/N-ethyl adjacent to an activating group) is 1. The molecule has 0 aromatic heterocycles. The Labute approximate surface area is 187 Å². The molecule has 0 radical (unpaired) electrons. The van der Waals surface area contributed by atoms with Crippen LogP contribution >= 0.6 is 0 Å². The van der Waals surface area contributed by atoms with Gasteiger partial charge in [0.2, 0.25) is 10.0 Å². The minimum Gasteiger partial charge on any atom is -0.487 e. The molecular weight excluding hydrogens is 412 g/mol. The molecule has 1 heterocycles. The van der Waals surface area contributed by atoms with Gasteiger partial charge in [0.15, 0.2) is 0 Å². The zero-order valence-corrected chi connectivity index (χ0v) is 20.0. The van der Waals surface area contributed by atoms with Crippen LogP contribution in [0.1, 0.15) is 51.5 Å². The number of hydrogen-bond acceptors (Lipinski definition) is 5. The molecular formula is C24H36N2O4S. The van der Waals surface area contributed by atoms with Gasteiger partial charge in [-0.1, -0.05) is 31.6 Å². The van der Waals surface area contributed by atoms with Crippen LogP contribution in [0.25, 0.3) is 0 Å². The van der Waals surface area contributed by atoms with Crippen LogP contribution in [0.2, 0.25) is 0 Å². The van der Waals surface area contributed by atoms with E-state index >= 15 is 0 Å². The SMILES string of the molecule is C[C@@H]1CN([C@@H](C)CO)S(=O)(=O)c2ccc(C#CCC3CCCC3)cc2O[C@@H]1CN(C)C. The largest absolute Gasteiger partial charge is 0.487 e. The van der Waals surface area contributed by atoms with Gasteiger partial charge >= 0.3 is 0 Å². The van der Waals surface area contributed by atoms with E-state index in [1.165, 1.54) is 30.0 Å². The van der Waals surface area contributed by atoms with E-state index in [4.69, 9.17) is 4.74 Å². The first-order valence-corrected chi connectivity index (χ1v) is 12.7. The number of aliphatic hydroxyl groups excluding tert-OH is 1. The number of fused-ring (bicyclic) bond motifs is 1. The molecule has 1 aliphatic heterocycles. The third-order valence-electron chi connectivity index (χ3n) is 6.31. The highest BCUT2D eigenvalue weighted by Crippen LogP contribution is 2.34. The average Bonchev–Trinajstić information content (AvgIpc) is 3.23. The van der Waals surface area contributed by atoms with E-state index in [2.05, 4.69) is 11.8 Å². The fourth-order valence-corrected chi connectivity index (χ4v) is 6.22. The van der Waals surface area contributed by atoms with Gasteiger partial charge in [-0.3, -0.25) is 0 Å². The molecule has 0 spiro atoms. The lowest BCUT2D eigenvalue weighted by Gasteiger charge is -2.37. The molecule has 3 atom stereocenters. The van der Waals surface area contributed by atoms with Crippen molar-refractivity contribution in [3.05, 3.63) is 23.8 Å². The van der Waals surface area contributed by atoms with Crippen molar-refractivity contribution in [2.24, 2.45) is 11.8 Å². The second-order valence-corrected chi connectivity index (χ2v) is 11.2. The van der Waals surface area contributed by atoms with Crippen LogP contribution in [0.5, 0.6) is 5.75 Å². The summed E-state index contributed by atoms with van der Waals surface area (Å²) in [6, 6.07) is 4.61. The summed E-state index contributed by atoms with van der Waals surface area (Å²) in [4.78, 5) is 2.19. The average molecular weight is 449 g/mol. The van der Waals surface area contributed by atoms with Crippen LogP contribution < -0.4 is 4.74 Å². The molecule has 1 aromatic carbocycles. The summed E-state index contributed by atoms with van der Waals surface area (Å²) < 4.78 is 34.6. The van der Waals surface area contributed by atoms with Gasteiger partial charge in [0.25, 0.3) is 0 Å². The number of benzene rings is 1. The van der Waals surface area contributed by atoms with Gasteiger partial charge in [-0.25, -0.2) is 8.42 Å². The molecule has 3 rings (SSSR count). The van der Waals surface area contributed by atoms with Crippen molar-refractivity contribution >= 4 is 10.0 Å². The Morgan fingerprint density at radius 3 is 2.65 bits per heavy atom. The van der Waals surface area contributed by atoms with Crippen LogP contribution in [0, 0.1) is 23.7 Å². The third-order valence-corrected chi connectivity index (χ3v) is 8.33. The summed E-state index contributed by atoms with van der Waals surface area (Å²) in [5.41, 5.74) is 0.769. The van der Waals surface area contributed by atoms with E-state index in [1.54, 1.807) is 25.1 Å². The second kappa shape index (κ2) is 10.4. The lowest BCUT2D eigenvalue weighted by molar-refractivity contribution is 0.0812. The highest BCUT2D eigenvalue weighted by Gasteiger charge is 2.37. The van der Waals surface area contributed by atoms with E-state index < -0.39 is 16.1 Å². The van der Waals surface area contributed by atoms with Crippen molar-refractivity contribution in [1.29, 1.82) is 0 Å². The quantitative estimate of drug-likeness (QED) is 0.702. The van der Waals surface area contributed by atoms with Crippen molar-refractivity contribution in [3.8, 4) is 17.6 Å². The normalized spacial score (nSPS) is 25.1. The van der Waals surface area contributed by atoms with Gasteiger partial charge in [0.1, 0.15) is 16.7 Å². The second-order valence-electron chi connectivity index (χ2n) is 9.32. The van der Waals surface area contributed by atoms with Crippen molar-refractivity contribution in [3.63, 3.8) is 0 Å². The molecule has 0 amide bonds. The summed E-state index contributed by atoms with van der Waals surface area (Å²) >= 11 is 0. The van der Waals surface area contributed by atoms with Gasteiger partial charge in [-0.15, -0.1) is 0 Å². The van der Waals surface area contributed by atoms with Crippen molar-refractivity contribution < 1.29 is 18.3 Å². The van der Waals surface area contributed by atoms with E-state index in [1.807, 2.05) is 25.9 Å². The number of rotatable bonds is 5. The summed E-state index contributed by atoms with van der Waals surface area (Å²) in [6.07, 6.45) is 5.81. The molecule has 6 nitrogen and oxygen atoms in total. The number of hydrogen-bond donors (Lipinski definition) is 1. The topological polar surface area (TPSA) is 70.1 Å². The smallest absolute Gasteiger partial charge is 0.247 e. The van der Waals surface area contributed by atoms with Crippen molar-refractivity contribution in [1.82, 2.24) is 9.21 Å². The van der Waals surface area contributed by atoms with E-state index in [0.717, 1.165) is 12.0 Å². The summed E-state index contributed by atoms with van der Waals surface area (Å²) in [7, 11) is 0.153. The third kappa shape index (κ3) is 5.81. The maximum Gasteiger partial charge on any atom is 0.247 e. The van der Waals surface area contributed by atoms with Gasteiger partial charge in [0, 0.05) is 37.0 Å². The highest BCUT2D eigenvalue weighted by molar-refractivity contribution is 7.89. The van der Waals surface area contributed by atoms with Crippen LogP contribution in [-0.4, -0.2) is 68.7 Å². The molecule has 1 N–H and O–H groups in total. The molecule has 0 unspecified atom stereocenters. The number of nitrogens with zero attached hydrogens (tertiary/aromatic N) is 2. The minimum atomic E-state index is -3.80. The first kappa shape index (κ1) is 24.1. The zero-order chi connectivity index (χ0) is 22.6. The molecule has 7 heteroatoms. The Morgan fingerprint density at radius 2 is 2.00 bits per heavy atom. The Morgan fingerprint density at radius 1 is 1.29 bits per heavy atom. The Balaban J connectivity index is 1.97. The lowest BCUT2D eigenvalue weighted by Crippen LogP contribution is -2.49. The molecule has 1 fully saturated rings. The fraction of sp³-hybridized carbons (Fsp3) is 0.667. The van der Waals surface area contributed by atoms with E-state index in [0.29, 0.717) is 24.8 Å². The Hall–Kier alpha value is -1.59. The van der Waals surface area contributed by atoms with Gasteiger partial charge in [-0.2, -0.15) is 4.31 Å². The summed E-state index contributed by atoms with van der Waals surface area (Å²) in [6.45, 7) is 4.46. The summed E-state index contributed by atoms with van der Waals surface area (Å²) in [5.74, 6) is 7.48. The first-order valence-electron chi connectivity index (χ1n) is 11.3. The Kier molecular flexibility index (Phi) is 8.03. The highest BCUT2D eigenvalue weighted by atomic mass is 32.2. The zero-order valence-electron chi connectivity index (χ0n) is 19.2. The molecule has 31 heavy (non-hydrogen) atoms. The monoisotopic (exact) mass is 448 g/mol. The molecule has 1 saturated carbocycles. The standard InChI is InChI=1S/C24H36N2O4S/c1-18-15-26(19(2)17-27)31(28,29)24-13-12-21(11-7-10-20-8-5-6-9-20)14-22(24)30-23(18)16-25(3)4/h12-14,18-20,23,27H,5-6,8-10,15-17H2,1-4H3/t18-,19+,23-/m1/s1. The van der Waals surface area contributed by atoms with Crippen molar-refractivity contribution in [2.45, 2.75) is 63.0 Å². The molecule has 0 saturated heterocycles. The van der Waals surface area contributed by atoms with Gasteiger partial charge < -0.3 is 14.7 Å². The fourth-order valence-electron chi connectivity index (χ4n) is 4.39. The predicted molar refractivity (Wildman–Crippen MR) is 122 cm³/mol. The molecule has 1 aromatic rings. The first-order chi connectivity index (χ1) is 14.7. The molecule has 2 aliphatic rings. The number of sulfonamides is 1. The Bertz CT molecular complexity index is 913. The molecule has 0 bridgehead atoms. The van der Waals surface area contributed by atoms with Crippen LogP contribution in [0.15, 0.2) is 23.1 Å². The summed E-state index contributed by atoms with van der Waals surface area (Å²) in [5, 5.41) is 9.69. The number of ether oxygens (including phenoxy) is 1. The number of aliphatic hydroxyl groups is 1. The predicted octanol–water partition coefficient (Wildman–Crippen LogP) is 2.95. The van der Waals surface area contributed by atoms with E-state index in [9.17, 15) is 13.5 Å². The van der Waals surface area contributed by atoms with E-state index in [-0.39, 0.29) is 23.5 Å². The minimum absolute atomic E-state index is 0.0450. The van der Waals surface area contributed by atoms with Crippen LogP contribution in [-0.2, 0) is 10.0 Å². The molecule has 1 aliphatic carbocycles. The van der Waals surface area contributed by atoms with Gasteiger partial charge in [0.05, 0.1) is 6.61 Å². The van der Waals surface area contributed by atoms with Gasteiger partial charge in [-0.05, 0) is 58.0 Å².